The molecule has 1 heterocycles. The number of aryl methyl sites for hydroxylation is 1. The van der Waals surface area contributed by atoms with Gasteiger partial charge in [0.25, 0.3) is 11.5 Å². The van der Waals surface area contributed by atoms with Gasteiger partial charge < -0.3 is 19.5 Å². The van der Waals surface area contributed by atoms with E-state index in [0.717, 1.165) is 5.56 Å². The molecule has 0 saturated carbocycles. The Morgan fingerprint density at radius 1 is 1.12 bits per heavy atom. The number of fused-ring (bicyclic) bond motifs is 1. The predicted octanol–water partition coefficient (Wildman–Crippen LogP) is 2.44. The first kappa shape index (κ1) is 24.3. The molecule has 0 spiro atoms. The standard InChI is InChI=1S/C24H24N4O6/c1-32-20-12-18-19(13-21(20)33-2)26-15-28(24(18)31)11-3-4-23(30)34-14-22(29)27-17-7-5-16(6-8-17)9-10-25/h5-8,12-13,15H,3-4,9,11,14H2,1-2H3,(H,27,29). The number of nitrogens with zero attached hydrogens (tertiary/aromatic N) is 3. The molecule has 176 valence electrons. The van der Waals surface area contributed by atoms with Crippen molar-refractivity contribution in [2.75, 3.05) is 26.1 Å². The summed E-state index contributed by atoms with van der Waals surface area (Å²) >= 11 is 0. The number of nitrogens with one attached hydrogen (secondary N) is 1. The number of anilines is 1. The largest absolute Gasteiger partial charge is 0.493 e. The van der Waals surface area contributed by atoms with Crippen LogP contribution in [0.15, 0.2) is 47.5 Å². The molecule has 0 unspecified atom stereocenters. The minimum Gasteiger partial charge on any atom is -0.493 e. The molecule has 34 heavy (non-hydrogen) atoms. The van der Waals surface area contributed by atoms with Crippen molar-refractivity contribution in [1.82, 2.24) is 9.55 Å². The van der Waals surface area contributed by atoms with Crippen LogP contribution < -0.4 is 20.3 Å². The third kappa shape index (κ3) is 6.10. The van der Waals surface area contributed by atoms with Crippen LogP contribution in [0.5, 0.6) is 11.5 Å². The molecular formula is C24H24N4O6. The van der Waals surface area contributed by atoms with Crippen LogP contribution in [0.3, 0.4) is 0 Å². The maximum atomic E-state index is 12.8. The highest BCUT2D eigenvalue weighted by Gasteiger charge is 2.12. The topological polar surface area (TPSA) is 133 Å². The van der Waals surface area contributed by atoms with Gasteiger partial charge in [0.15, 0.2) is 18.1 Å². The fourth-order valence-electron chi connectivity index (χ4n) is 3.25. The number of methoxy groups -OCH3 is 2. The number of aromatic nitrogens is 2. The molecule has 3 rings (SSSR count). The third-order valence-corrected chi connectivity index (χ3v) is 4.99. The third-order valence-electron chi connectivity index (χ3n) is 4.99. The zero-order chi connectivity index (χ0) is 24.5. The van der Waals surface area contributed by atoms with Crippen molar-refractivity contribution in [2.24, 2.45) is 0 Å². The van der Waals surface area contributed by atoms with Crippen LogP contribution in [-0.2, 0) is 27.3 Å². The molecule has 1 aromatic heterocycles. The minimum atomic E-state index is -0.548. The lowest BCUT2D eigenvalue weighted by atomic mass is 10.1. The molecule has 10 heteroatoms. The van der Waals surface area contributed by atoms with Crippen molar-refractivity contribution in [3.8, 4) is 17.6 Å². The van der Waals surface area contributed by atoms with Crippen molar-refractivity contribution >= 4 is 28.5 Å². The number of nitriles is 1. The van der Waals surface area contributed by atoms with E-state index < -0.39 is 18.5 Å². The first-order chi connectivity index (χ1) is 16.4. The Labute approximate surface area is 195 Å². The summed E-state index contributed by atoms with van der Waals surface area (Å²) in [5, 5.41) is 11.7. The fraction of sp³-hybridized carbons (Fsp3) is 0.292. The highest BCUT2D eigenvalue weighted by molar-refractivity contribution is 5.92. The van der Waals surface area contributed by atoms with Gasteiger partial charge in [-0.05, 0) is 30.2 Å². The lowest BCUT2D eigenvalue weighted by molar-refractivity contribution is -0.147. The number of hydrogen-bond acceptors (Lipinski definition) is 8. The number of ether oxygens (including phenoxy) is 3. The Morgan fingerprint density at radius 3 is 2.50 bits per heavy atom. The summed E-state index contributed by atoms with van der Waals surface area (Å²) < 4.78 is 16.9. The van der Waals surface area contributed by atoms with E-state index in [1.807, 2.05) is 6.07 Å². The fourth-order valence-corrected chi connectivity index (χ4v) is 3.25. The van der Waals surface area contributed by atoms with Crippen molar-refractivity contribution in [1.29, 1.82) is 5.26 Å². The number of rotatable bonds is 10. The van der Waals surface area contributed by atoms with Crippen LogP contribution in [0.1, 0.15) is 18.4 Å². The van der Waals surface area contributed by atoms with Gasteiger partial charge in [0.1, 0.15) is 0 Å². The predicted molar refractivity (Wildman–Crippen MR) is 124 cm³/mol. The average Bonchev–Trinajstić information content (AvgIpc) is 2.85. The lowest BCUT2D eigenvalue weighted by Gasteiger charge is -2.10. The Balaban J connectivity index is 1.49. The van der Waals surface area contributed by atoms with E-state index >= 15 is 0 Å². The molecule has 0 fully saturated rings. The number of benzene rings is 2. The number of hydrogen-bond donors (Lipinski definition) is 1. The van der Waals surface area contributed by atoms with E-state index in [1.54, 1.807) is 36.4 Å². The average molecular weight is 464 g/mol. The number of esters is 1. The Morgan fingerprint density at radius 2 is 1.82 bits per heavy atom. The summed E-state index contributed by atoms with van der Waals surface area (Å²) in [7, 11) is 2.99. The van der Waals surface area contributed by atoms with Crippen LogP contribution in [0.2, 0.25) is 0 Å². The summed E-state index contributed by atoms with van der Waals surface area (Å²) in [6, 6.07) is 12.1. The molecule has 0 atom stereocenters. The molecule has 1 amide bonds. The van der Waals surface area contributed by atoms with Gasteiger partial charge in [0.05, 0.1) is 43.9 Å². The molecular weight excluding hydrogens is 440 g/mol. The van der Waals surface area contributed by atoms with Crippen LogP contribution in [0, 0.1) is 11.3 Å². The lowest BCUT2D eigenvalue weighted by Crippen LogP contribution is -2.22. The molecule has 10 nitrogen and oxygen atoms in total. The van der Waals surface area contributed by atoms with Crippen LogP contribution in [-0.4, -0.2) is 42.3 Å². The quantitative estimate of drug-likeness (QED) is 0.453. The molecule has 2 aromatic carbocycles. The van der Waals surface area contributed by atoms with Gasteiger partial charge in [0, 0.05) is 24.7 Å². The van der Waals surface area contributed by atoms with Crippen LogP contribution in [0.25, 0.3) is 10.9 Å². The van der Waals surface area contributed by atoms with Crippen molar-refractivity contribution in [3.63, 3.8) is 0 Å². The van der Waals surface area contributed by atoms with Crippen LogP contribution in [0.4, 0.5) is 5.69 Å². The summed E-state index contributed by atoms with van der Waals surface area (Å²) in [5.74, 6) is -0.123. The van der Waals surface area contributed by atoms with Crippen molar-refractivity contribution in [3.05, 3.63) is 58.6 Å². The second kappa shape index (κ2) is 11.5. The minimum absolute atomic E-state index is 0.0343. The number of carbonyl (C=O) groups excluding carboxylic acids is 2. The summed E-state index contributed by atoms with van der Waals surface area (Å²) in [6.07, 6.45) is 2.07. The molecule has 3 aromatic rings. The van der Waals surface area contributed by atoms with E-state index in [0.29, 0.717) is 34.5 Å². The Hall–Kier alpha value is -4.39. The number of carbonyl (C=O) groups is 2. The van der Waals surface area contributed by atoms with Crippen LogP contribution >= 0.6 is 0 Å². The van der Waals surface area contributed by atoms with Gasteiger partial charge in [-0.25, -0.2) is 4.98 Å². The Bertz CT molecular complexity index is 1280. The number of amides is 1. The molecule has 0 radical (unpaired) electrons. The zero-order valence-corrected chi connectivity index (χ0v) is 18.9. The summed E-state index contributed by atoms with van der Waals surface area (Å²) in [5.41, 5.74) is 1.59. The normalized spacial score (nSPS) is 10.4. The first-order valence-electron chi connectivity index (χ1n) is 10.5. The second-order valence-electron chi connectivity index (χ2n) is 7.31. The SMILES string of the molecule is COc1cc2ncn(CCCC(=O)OCC(=O)Nc3ccc(CC#N)cc3)c(=O)c2cc1OC. The molecule has 0 aliphatic carbocycles. The molecule has 0 aliphatic rings. The van der Waals surface area contributed by atoms with E-state index in [9.17, 15) is 14.4 Å². The molecule has 0 saturated heterocycles. The highest BCUT2D eigenvalue weighted by atomic mass is 16.5. The van der Waals surface area contributed by atoms with Gasteiger partial charge >= 0.3 is 5.97 Å². The van der Waals surface area contributed by atoms with Gasteiger partial charge in [-0.2, -0.15) is 5.26 Å². The van der Waals surface area contributed by atoms with Gasteiger partial charge in [0.2, 0.25) is 0 Å². The second-order valence-corrected chi connectivity index (χ2v) is 7.31. The summed E-state index contributed by atoms with van der Waals surface area (Å²) in [4.78, 5) is 41.0. The smallest absolute Gasteiger partial charge is 0.306 e. The van der Waals surface area contributed by atoms with E-state index in [-0.39, 0.29) is 24.9 Å². The highest BCUT2D eigenvalue weighted by Crippen LogP contribution is 2.29. The first-order valence-corrected chi connectivity index (χ1v) is 10.5. The van der Waals surface area contributed by atoms with Gasteiger partial charge in [-0.1, -0.05) is 12.1 Å². The zero-order valence-electron chi connectivity index (χ0n) is 18.9. The van der Waals surface area contributed by atoms with Crippen molar-refractivity contribution < 1.29 is 23.8 Å². The van der Waals surface area contributed by atoms with E-state index in [4.69, 9.17) is 19.5 Å². The monoisotopic (exact) mass is 464 g/mol. The van der Waals surface area contributed by atoms with E-state index in [1.165, 1.54) is 25.1 Å². The maximum Gasteiger partial charge on any atom is 0.306 e. The summed E-state index contributed by atoms with van der Waals surface area (Å²) in [6.45, 7) is -0.162. The van der Waals surface area contributed by atoms with E-state index in [2.05, 4.69) is 10.3 Å². The molecule has 1 N–H and O–H groups in total. The maximum absolute atomic E-state index is 12.8. The van der Waals surface area contributed by atoms with Gasteiger partial charge in [-0.15, -0.1) is 0 Å². The molecule has 0 bridgehead atoms. The Kier molecular flexibility index (Phi) is 8.18. The van der Waals surface area contributed by atoms with Gasteiger partial charge in [-0.3, -0.25) is 19.0 Å². The molecule has 0 aliphatic heterocycles. The van der Waals surface area contributed by atoms with Crippen molar-refractivity contribution in [2.45, 2.75) is 25.8 Å².